The lowest BCUT2D eigenvalue weighted by Crippen LogP contribution is -2.49. The van der Waals surface area contributed by atoms with E-state index in [0.29, 0.717) is 12.4 Å². The number of rotatable bonds is 6. The van der Waals surface area contributed by atoms with Crippen LogP contribution in [0.25, 0.3) is 17.0 Å². The molecule has 1 N–H and O–H groups in total. The van der Waals surface area contributed by atoms with Crippen LogP contribution in [-0.2, 0) is 6.54 Å². The molecule has 0 spiro atoms. The van der Waals surface area contributed by atoms with Gasteiger partial charge >= 0.3 is 5.76 Å². The third kappa shape index (κ3) is 3.99. The van der Waals surface area contributed by atoms with Gasteiger partial charge in [-0.05, 0) is 19.1 Å². The predicted molar refractivity (Wildman–Crippen MR) is 116 cm³/mol. The van der Waals surface area contributed by atoms with E-state index in [1.807, 2.05) is 49.4 Å². The van der Waals surface area contributed by atoms with Gasteiger partial charge in [-0.3, -0.25) is 14.0 Å². The molecule has 11 nitrogen and oxygen atoms in total. The van der Waals surface area contributed by atoms with Crippen molar-refractivity contribution < 1.29 is 9.63 Å². The zero-order chi connectivity index (χ0) is 22.1. The summed E-state index contributed by atoms with van der Waals surface area (Å²) in [5.74, 6) is 1.48. The Hall–Kier alpha value is -3.57. The molecule has 0 aliphatic carbocycles. The fraction of sp³-hybridized carbons (Fsp3) is 0.381. The van der Waals surface area contributed by atoms with Crippen molar-refractivity contribution in [3.8, 4) is 11.4 Å². The normalized spacial score (nSPS) is 16.0. The molecule has 3 aromatic heterocycles. The van der Waals surface area contributed by atoms with Crippen molar-refractivity contribution >= 4 is 11.5 Å². The molecule has 11 heteroatoms. The highest BCUT2D eigenvalue weighted by Gasteiger charge is 2.23. The van der Waals surface area contributed by atoms with Gasteiger partial charge in [-0.25, -0.2) is 4.79 Å². The van der Waals surface area contributed by atoms with Crippen LogP contribution in [0, 0.1) is 6.92 Å². The molecule has 1 unspecified atom stereocenters. The monoisotopic (exact) mass is 436 g/mol. The van der Waals surface area contributed by atoms with Crippen molar-refractivity contribution in [1.82, 2.24) is 34.4 Å². The molecule has 1 aliphatic rings. The van der Waals surface area contributed by atoms with Crippen LogP contribution in [-0.4, -0.2) is 78.4 Å². The SMILES string of the molecule is Cc1nnc2ccc(N3CCN(CC(O)Cn4c(-c5ccccc5)noc4=O)CC3)nn12. The van der Waals surface area contributed by atoms with E-state index in [9.17, 15) is 9.90 Å². The Bertz CT molecular complexity index is 1260. The predicted octanol–water partition coefficient (Wildman–Crippen LogP) is 0.433. The van der Waals surface area contributed by atoms with Crippen LogP contribution in [0.3, 0.4) is 0 Å². The molecule has 1 saturated heterocycles. The number of anilines is 1. The second-order valence-electron chi connectivity index (χ2n) is 7.90. The van der Waals surface area contributed by atoms with Gasteiger partial charge in [-0.1, -0.05) is 35.5 Å². The summed E-state index contributed by atoms with van der Waals surface area (Å²) < 4.78 is 7.97. The van der Waals surface area contributed by atoms with E-state index < -0.39 is 11.9 Å². The number of piperazine rings is 1. The first-order valence-corrected chi connectivity index (χ1v) is 10.5. The van der Waals surface area contributed by atoms with Crippen LogP contribution in [0.5, 0.6) is 0 Å². The fourth-order valence-electron chi connectivity index (χ4n) is 4.01. The fourth-order valence-corrected chi connectivity index (χ4v) is 4.01. The lowest BCUT2D eigenvalue weighted by atomic mass is 10.2. The molecular formula is C21H24N8O3. The van der Waals surface area contributed by atoms with E-state index in [-0.39, 0.29) is 6.54 Å². The van der Waals surface area contributed by atoms with Gasteiger partial charge in [-0.2, -0.15) is 4.52 Å². The average molecular weight is 436 g/mol. The van der Waals surface area contributed by atoms with Crippen molar-refractivity contribution in [2.75, 3.05) is 37.6 Å². The molecule has 4 aromatic rings. The van der Waals surface area contributed by atoms with Gasteiger partial charge in [0.2, 0.25) is 0 Å². The van der Waals surface area contributed by atoms with Gasteiger partial charge in [0, 0.05) is 38.3 Å². The van der Waals surface area contributed by atoms with Crippen LogP contribution in [0.4, 0.5) is 5.82 Å². The maximum atomic E-state index is 12.1. The zero-order valence-corrected chi connectivity index (χ0v) is 17.7. The molecule has 32 heavy (non-hydrogen) atoms. The Balaban J connectivity index is 1.20. The lowest BCUT2D eigenvalue weighted by molar-refractivity contribution is 0.0935. The molecule has 1 atom stereocenters. The summed E-state index contributed by atoms with van der Waals surface area (Å²) in [4.78, 5) is 16.5. The van der Waals surface area contributed by atoms with E-state index >= 15 is 0 Å². The number of aliphatic hydroxyl groups excluding tert-OH is 1. The number of aromatic nitrogens is 6. The number of aliphatic hydroxyl groups is 1. The van der Waals surface area contributed by atoms with Gasteiger partial charge in [0.1, 0.15) is 5.82 Å². The maximum Gasteiger partial charge on any atom is 0.441 e. The number of fused-ring (bicyclic) bond motifs is 1. The highest BCUT2D eigenvalue weighted by atomic mass is 16.5. The van der Waals surface area contributed by atoms with Gasteiger partial charge in [0.25, 0.3) is 0 Å². The van der Waals surface area contributed by atoms with Gasteiger partial charge in [0.05, 0.1) is 12.6 Å². The topological polar surface area (TPSA) is 118 Å². The minimum Gasteiger partial charge on any atom is -0.390 e. The standard InChI is InChI=1S/C21H24N8O3/c1-15-22-23-18-7-8-19(24-29(15)18)27-11-9-26(10-12-27)13-17(30)14-28-20(25-32-21(28)31)16-5-3-2-4-6-16/h2-8,17,30H,9-14H2,1H3. The van der Waals surface area contributed by atoms with Crippen molar-refractivity contribution in [3.05, 3.63) is 58.8 Å². The summed E-state index contributed by atoms with van der Waals surface area (Å²) in [6, 6.07) is 13.2. The van der Waals surface area contributed by atoms with E-state index in [1.165, 1.54) is 4.57 Å². The molecule has 0 radical (unpaired) electrons. The Labute approximate surface area is 183 Å². The van der Waals surface area contributed by atoms with Gasteiger partial charge in [0.15, 0.2) is 17.3 Å². The van der Waals surface area contributed by atoms with Crippen molar-refractivity contribution in [3.63, 3.8) is 0 Å². The highest BCUT2D eigenvalue weighted by Crippen LogP contribution is 2.17. The summed E-state index contributed by atoms with van der Waals surface area (Å²) in [5.41, 5.74) is 1.50. The summed E-state index contributed by atoms with van der Waals surface area (Å²) in [5, 5.41) is 27.3. The molecule has 0 amide bonds. The van der Waals surface area contributed by atoms with Crippen molar-refractivity contribution in [2.45, 2.75) is 19.6 Å². The molecule has 0 saturated carbocycles. The van der Waals surface area contributed by atoms with Gasteiger partial charge < -0.3 is 10.0 Å². The second-order valence-corrected chi connectivity index (χ2v) is 7.90. The quantitative estimate of drug-likeness (QED) is 0.459. The zero-order valence-electron chi connectivity index (χ0n) is 17.7. The number of benzene rings is 1. The molecule has 4 heterocycles. The molecular weight excluding hydrogens is 412 g/mol. The minimum atomic E-state index is -0.727. The third-order valence-electron chi connectivity index (χ3n) is 5.68. The van der Waals surface area contributed by atoms with Crippen LogP contribution in [0.1, 0.15) is 5.82 Å². The lowest BCUT2D eigenvalue weighted by Gasteiger charge is -2.36. The van der Waals surface area contributed by atoms with Crippen molar-refractivity contribution in [1.29, 1.82) is 0 Å². The summed E-state index contributed by atoms with van der Waals surface area (Å²) >= 11 is 0. The molecule has 166 valence electrons. The van der Waals surface area contributed by atoms with E-state index in [1.54, 1.807) is 4.52 Å². The average Bonchev–Trinajstić information content (AvgIpc) is 3.37. The van der Waals surface area contributed by atoms with E-state index in [4.69, 9.17) is 4.52 Å². The van der Waals surface area contributed by atoms with Crippen LogP contribution in [0.2, 0.25) is 0 Å². The van der Waals surface area contributed by atoms with E-state index in [2.05, 4.69) is 30.3 Å². The highest BCUT2D eigenvalue weighted by molar-refractivity contribution is 5.54. The van der Waals surface area contributed by atoms with Crippen LogP contribution in [0.15, 0.2) is 51.8 Å². The second kappa shape index (κ2) is 8.52. The minimum absolute atomic E-state index is 0.123. The number of aryl methyl sites for hydroxylation is 1. The first-order valence-electron chi connectivity index (χ1n) is 10.5. The first kappa shape index (κ1) is 20.3. The molecule has 1 fully saturated rings. The molecule has 0 bridgehead atoms. The first-order chi connectivity index (χ1) is 15.6. The van der Waals surface area contributed by atoms with Crippen molar-refractivity contribution in [2.24, 2.45) is 0 Å². The Kier molecular flexibility index (Phi) is 5.41. The number of hydrogen-bond acceptors (Lipinski definition) is 9. The molecule has 1 aliphatic heterocycles. The maximum absolute atomic E-state index is 12.1. The third-order valence-corrected chi connectivity index (χ3v) is 5.68. The number of nitrogens with zero attached hydrogens (tertiary/aromatic N) is 8. The van der Waals surface area contributed by atoms with E-state index in [0.717, 1.165) is 49.0 Å². The Morgan fingerprint density at radius 3 is 2.59 bits per heavy atom. The van der Waals surface area contributed by atoms with Crippen LogP contribution >= 0.6 is 0 Å². The summed E-state index contributed by atoms with van der Waals surface area (Å²) in [7, 11) is 0. The molecule has 5 rings (SSSR count). The molecule has 1 aromatic carbocycles. The number of hydrogen-bond donors (Lipinski definition) is 1. The Morgan fingerprint density at radius 1 is 1.03 bits per heavy atom. The summed E-state index contributed by atoms with van der Waals surface area (Å²) in [6.07, 6.45) is -0.727. The van der Waals surface area contributed by atoms with Gasteiger partial charge in [-0.15, -0.1) is 15.3 Å². The van der Waals surface area contributed by atoms with Crippen LogP contribution < -0.4 is 10.7 Å². The largest absolute Gasteiger partial charge is 0.441 e. The Morgan fingerprint density at radius 2 is 1.81 bits per heavy atom. The smallest absolute Gasteiger partial charge is 0.390 e. The summed E-state index contributed by atoms with van der Waals surface area (Å²) in [6.45, 7) is 5.59. The number of β-amino-alcohol motifs (C(OH)–C–C–N with tert-alkyl or cyclic N) is 1.